The van der Waals surface area contributed by atoms with Crippen LogP contribution in [0.1, 0.15) is 27.0 Å². The highest BCUT2D eigenvalue weighted by Crippen LogP contribution is 2.36. The number of hydrogen-bond donors (Lipinski definition) is 2. The molecule has 0 atom stereocenters. The van der Waals surface area contributed by atoms with Crippen LogP contribution in [0.2, 0.25) is 0 Å². The zero-order valence-electron chi connectivity index (χ0n) is 15.9. The molecule has 0 spiro atoms. The Kier molecular flexibility index (Phi) is 5.50. The molecule has 2 aromatic carbocycles. The van der Waals surface area contributed by atoms with Gasteiger partial charge in [0.15, 0.2) is 0 Å². The Balaban J connectivity index is 1.98. The third-order valence-electron chi connectivity index (χ3n) is 4.22. The number of rotatable bonds is 4. The number of aryl methyl sites for hydroxylation is 2. The summed E-state index contributed by atoms with van der Waals surface area (Å²) in [6, 6.07) is 8.09. The number of hydrogen-bond acceptors (Lipinski definition) is 3. The smallest absolute Gasteiger partial charge is 0.416 e. The second-order valence-corrected chi connectivity index (χ2v) is 6.64. The number of dihydropyridines is 1. The number of alkyl halides is 3. The Morgan fingerprint density at radius 3 is 2.52 bits per heavy atom. The van der Waals surface area contributed by atoms with Crippen molar-refractivity contribution in [3.05, 3.63) is 95.0 Å². The predicted octanol–water partition coefficient (Wildman–Crippen LogP) is 5.36. The minimum absolute atomic E-state index is 0.0172. The van der Waals surface area contributed by atoms with E-state index in [-0.39, 0.29) is 11.3 Å². The van der Waals surface area contributed by atoms with Gasteiger partial charge in [0.2, 0.25) is 0 Å². The molecular weight excluding hydrogens is 381 g/mol. The average molecular weight is 400 g/mol. The quantitative estimate of drug-likeness (QED) is 0.727. The van der Waals surface area contributed by atoms with Crippen LogP contribution < -0.4 is 15.4 Å². The van der Waals surface area contributed by atoms with E-state index in [0.29, 0.717) is 17.1 Å². The topological polar surface area (TPSA) is 50.4 Å². The van der Waals surface area contributed by atoms with E-state index >= 15 is 0 Å². The molecule has 2 N–H and O–H groups in total. The van der Waals surface area contributed by atoms with Gasteiger partial charge >= 0.3 is 6.18 Å². The van der Waals surface area contributed by atoms with Crippen LogP contribution in [0, 0.1) is 13.8 Å². The largest absolute Gasteiger partial charge is 0.456 e. The molecule has 0 bridgehead atoms. The third kappa shape index (κ3) is 4.87. The van der Waals surface area contributed by atoms with Crippen molar-refractivity contribution in [1.29, 1.82) is 0 Å². The fourth-order valence-electron chi connectivity index (χ4n) is 2.80. The monoisotopic (exact) mass is 400 g/mol. The molecule has 1 aliphatic rings. The molecule has 0 saturated carbocycles. The number of allylic oxidation sites excluding steroid dienone is 2. The first-order chi connectivity index (χ1) is 13.6. The third-order valence-corrected chi connectivity index (χ3v) is 4.22. The summed E-state index contributed by atoms with van der Waals surface area (Å²) in [7, 11) is 0. The maximum Gasteiger partial charge on any atom is 0.416 e. The minimum Gasteiger partial charge on any atom is -0.456 e. The van der Waals surface area contributed by atoms with Gasteiger partial charge in [-0.05, 0) is 55.8 Å². The Hall–Kier alpha value is -3.48. The summed E-state index contributed by atoms with van der Waals surface area (Å²) < 4.78 is 45.3. The van der Waals surface area contributed by atoms with E-state index in [1.54, 1.807) is 37.4 Å². The van der Waals surface area contributed by atoms with Crippen molar-refractivity contribution >= 4 is 5.91 Å². The van der Waals surface area contributed by atoms with Gasteiger partial charge in [-0.1, -0.05) is 24.3 Å². The maximum atomic E-state index is 13.2. The van der Waals surface area contributed by atoms with Crippen molar-refractivity contribution in [2.75, 3.05) is 0 Å². The van der Waals surface area contributed by atoms with Gasteiger partial charge in [-0.2, -0.15) is 13.2 Å². The van der Waals surface area contributed by atoms with E-state index < -0.39 is 17.6 Å². The molecule has 3 rings (SSSR count). The summed E-state index contributed by atoms with van der Waals surface area (Å²) in [6.45, 7) is 7.41. The molecular formula is C22H19F3N2O2. The second kappa shape index (κ2) is 7.87. The molecule has 2 aromatic rings. The van der Waals surface area contributed by atoms with E-state index in [2.05, 4.69) is 17.2 Å². The van der Waals surface area contributed by atoms with Crippen molar-refractivity contribution < 1.29 is 22.7 Å². The summed E-state index contributed by atoms with van der Waals surface area (Å²) in [5.41, 5.74) is 1.84. The van der Waals surface area contributed by atoms with Crippen LogP contribution in [0.5, 0.6) is 11.5 Å². The lowest BCUT2D eigenvalue weighted by Gasteiger charge is -2.17. The van der Waals surface area contributed by atoms with Crippen LogP contribution in [0.3, 0.4) is 0 Å². The Bertz CT molecular complexity index is 1040. The highest BCUT2D eigenvalue weighted by Gasteiger charge is 2.32. The molecule has 4 nitrogen and oxygen atoms in total. The van der Waals surface area contributed by atoms with Crippen LogP contribution in [0.25, 0.3) is 0 Å². The highest BCUT2D eigenvalue weighted by atomic mass is 19.4. The van der Waals surface area contributed by atoms with E-state index in [1.807, 2.05) is 13.0 Å². The zero-order chi connectivity index (χ0) is 21.2. The number of halogens is 3. The maximum absolute atomic E-state index is 13.2. The Labute approximate surface area is 166 Å². The number of carbonyl (C=O) groups is 1. The molecule has 150 valence electrons. The molecule has 7 heteroatoms. The molecule has 29 heavy (non-hydrogen) atoms. The van der Waals surface area contributed by atoms with Crippen LogP contribution >= 0.6 is 0 Å². The molecule has 0 radical (unpaired) electrons. The van der Waals surface area contributed by atoms with Crippen LogP contribution in [0.4, 0.5) is 13.2 Å². The van der Waals surface area contributed by atoms with Crippen molar-refractivity contribution in [3.63, 3.8) is 0 Å². The van der Waals surface area contributed by atoms with Crippen molar-refractivity contribution in [2.24, 2.45) is 0 Å². The summed E-state index contributed by atoms with van der Waals surface area (Å²) in [5, 5.41) is 5.50. The van der Waals surface area contributed by atoms with Crippen molar-refractivity contribution in [3.8, 4) is 11.5 Å². The molecule has 0 aliphatic carbocycles. The molecule has 0 saturated heterocycles. The van der Waals surface area contributed by atoms with Gasteiger partial charge in [0.05, 0.1) is 11.1 Å². The van der Waals surface area contributed by atoms with Gasteiger partial charge in [-0.3, -0.25) is 4.79 Å². The second-order valence-electron chi connectivity index (χ2n) is 6.64. The average Bonchev–Trinajstić information content (AvgIpc) is 2.63. The first-order valence-electron chi connectivity index (χ1n) is 8.75. The Morgan fingerprint density at radius 1 is 1.10 bits per heavy atom. The molecule has 0 aromatic heterocycles. The minimum atomic E-state index is -4.56. The summed E-state index contributed by atoms with van der Waals surface area (Å²) in [5.74, 6) is -0.399. The van der Waals surface area contributed by atoms with Gasteiger partial charge in [0.25, 0.3) is 5.91 Å². The number of amides is 1. The SMILES string of the molecule is C=C1C=C(NC(=O)c2ccc(C(F)(F)F)cc2Oc2ccc(C)cc2C)C=CN1. The van der Waals surface area contributed by atoms with Crippen LogP contribution in [0.15, 0.2) is 72.7 Å². The number of nitrogens with one attached hydrogen (secondary N) is 2. The van der Waals surface area contributed by atoms with Crippen molar-refractivity contribution in [1.82, 2.24) is 10.6 Å². The molecule has 1 heterocycles. The first kappa shape index (κ1) is 20.3. The van der Waals surface area contributed by atoms with Gasteiger partial charge in [0.1, 0.15) is 11.5 Å². The van der Waals surface area contributed by atoms with E-state index in [4.69, 9.17) is 4.74 Å². The van der Waals surface area contributed by atoms with Crippen LogP contribution in [-0.2, 0) is 6.18 Å². The number of ether oxygens (including phenoxy) is 1. The van der Waals surface area contributed by atoms with Gasteiger partial charge in [-0.15, -0.1) is 0 Å². The lowest BCUT2D eigenvalue weighted by molar-refractivity contribution is -0.137. The van der Waals surface area contributed by atoms with E-state index in [9.17, 15) is 18.0 Å². The van der Waals surface area contributed by atoms with Gasteiger partial charge < -0.3 is 15.4 Å². The lowest BCUT2D eigenvalue weighted by Crippen LogP contribution is -2.25. The van der Waals surface area contributed by atoms with Gasteiger partial charge in [-0.25, -0.2) is 0 Å². The molecule has 1 aliphatic heterocycles. The lowest BCUT2D eigenvalue weighted by atomic mass is 10.1. The zero-order valence-corrected chi connectivity index (χ0v) is 15.9. The number of benzene rings is 2. The number of carbonyl (C=O) groups excluding carboxylic acids is 1. The summed E-state index contributed by atoms with van der Waals surface area (Å²) in [6.07, 6.45) is 0.249. The Morgan fingerprint density at radius 2 is 1.86 bits per heavy atom. The van der Waals surface area contributed by atoms with Crippen molar-refractivity contribution in [2.45, 2.75) is 20.0 Å². The van der Waals surface area contributed by atoms with Crippen LogP contribution in [-0.4, -0.2) is 5.91 Å². The van der Waals surface area contributed by atoms with E-state index in [1.165, 1.54) is 0 Å². The molecule has 0 unspecified atom stereocenters. The standard InChI is InChI=1S/C22H19F3N2O2/c1-13-4-7-19(14(2)10-13)29-20-12-16(22(23,24)25)5-6-18(20)21(28)27-17-8-9-26-15(3)11-17/h4-12,26H,3H2,1-2H3,(H,27,28). The predicted molar refractivity (Wildman–Crippen MR) is 104 cm³/mol. The fourth-order valence-corrected chi connectivity index (χ4v) is 2.80. The normalized spacial score (nSPS) is 13.6. The van der Waals surface area contributed by atoms with E-state index in [0.717, 1.165) is 29.3 Å². The summed E-state index contributed by atoms with van der Waals surface area (Å²) >= 11 is 0. The molecule has 1 amide bonds. The van der Waals surface area contributed by atoms with Gasteiger partial charge in [0, 0.05) is 17.6 Å². The molecule has 0 fully saturated rings. The highest BCUT2D eigenvalue weighted by molar-refractivity contribution is 5.98. The first-order valence-corrected chi connectivity index (χ1v) is 8.75. The fraction of sp³-hybridized carbons (Fsp3) is 0.136. The summed E-state index contributed by atoms with van der Waals surface area (Å²) in [4.78, 5) is 12.7.